The van der Waals surface area contributed by atoms with Gasteiger partial charge >= 0.3 is 0 Å². The quantitative estimate of drug-likeness (QED) is 0.871. The standard InChI is InChI=1S/C19H28N2O3/c1-4-14(5-2)18(22)20-16-10-12-21(13-11-16)19(23)15-6-8-17(24-3)9-7-15/h6-9,14,16H,4-5,10-13H2,1-3H3,(H,20,22). The Balaban J connectivity index is 1.85. The lowest BCUT2D eigenvalue weighted by molar-refractivity contribution is -0.126. The Kier molecular flexibility index (Phi) is 6.64. The fourth-order valence-electron chi connectivity index (χ4n) is 3.12. The summed E-state index contributed by atoms with van der Waals surface area (Å²) in [6.45, 7) is 5.45. The third-order valence-corrected chi connectivity index (χ3v) is 4.82. The molecule has 1 saturated heterocycles. The number of hydrogen-bond donors (Lipinski definition) is 1. The van der Waals surface area contributed by atoms with E-state index in [1.54, 1.807) is 31.4 Å². The molecular formula is C19H28N2O3. The zero-order chi connectivity index (χ0) is 17.5. The van der Waals surface area contributed by atoms with Gasteiger partial charge in [-0.3, -0.25) is 9.59 Å². The van der Waals surface area contributed by atoms with Crippen molar-refractivity contribution in [2.45, 2.75) is 45.6 Å². The molecule has 0 unspecified atom stereocenters. The molecule has 24 heavy (non-hydrogen) atoms. The average Bonchev–Trinajstić information content (AvgIpc) is 2.63. The topological polar surface area (TPSA) is 58.6 Å². The summed E-state index contributed by atoms with van der Waals surface area (Å²) in [6.07, 6.45) is 3.37. The second-order valence-corrected chi connectivity index (χ2v) is 6.32. The van der Waals surface area contributed by atoms with Gasteiger partial charge in [0, 0.05) is 30.6 Å². The minimum absolute atomic E-state index is 0.0439. The van der Waals surface area contributed by atoms with Crippen molar-refractivity contribution in [3.63, 3.8) is 0 Å². The molecule has 0 spiro atoms. The number of ether oxygens (including phenoxy) is 1. The maximum Gasteiger partial charge on any atom is 0.253 e. The summed E-state index contributed by atoms with van der Waals surface area (Å²) >= 11 is 0. The first-order valence-electron chi connectivity index (χ1n) is 8.82. The second-order valence-electron chi connectivity index (χ2n) is 6.32. The average molecular weight is 332 g/mol. The Morgan fingerprint density at radius 2 is 1.75 bits per heavy atom. The molecule has 2 amide bonds. The van der Waals surface area contributed by atoms with Crippen LogP contribution in [-0.4, -0.2) is 43.0 Å². The second kappa shape index (κ2) is 8.71. The molecular weight excluding hydrogens is 304 g/mol. The molecule has 1 aliphatic heterocycles. The number of hydrogen-bond acceptors (Lipinski definition) is 3. The van der Waals surface area contributed by atoms with E-state index < -0.39 is 0 Å². The predicted octanol–water partition coefficient (Wildman–Crippen LogP) is 2.85. The summed E-state index contributed by atoms with van der Waals surface area (Å²) in [5.41, 5.74) is 0.676. The lowest BCUT2D eigenvalue weighted by atomic mass is 9.99. The van der Waals surface area contributed by atoms with Crippen LogP contribution in [0.15, 0.2) is 24.3 Å². The van der Waals surface area contributed by atoms with Gasteiger partial charge in [0.25, 0.3) is 5.91 Å². The summed E-state index contributed by atoms with van der Waals surface area (Å²) in [5, 5.41) is 3.14. The minimum Gasteiger partial charge on any atom is -0.497 e. The van der Waals surface area contributed by atoms with Crippen LogP contribution in [0.2, 0.25) is 0 Å². The summed E-state index contributed by atoms with van der Waals surface area (Å²) in [4.78, 5) is 26.6. The van der Waals surface area contributed by atoms with Gasteiger partial charge in [-0.25, -0.2) is 0 Å². The highest BCUT2D eigenvalue weighted by atomic mass is 16.5. The van der Waals surface area contributed by atoms with Crippen LogP contribution in [0.25, 0.3) is 0 Å². The molecule has 0 aliphatic carbocycles. The lowest BCUT2D eigenvalue weighted by Gasteiger charge is -2.33. The van der Waals surface area contributed by atoms with Crippen LogP contribution in [0.5, 0.6) is 5.75 Å². The van der Waals surface area contributed by atoms with E-state index in [2.05, 4.69) is 5.32 Å². The number of carbonyl (C=O) groups is 2. The van der Waals surface area contributed by atoms with Crippen molar-refractivity contribution in [3.8, 4) is 5.75 Å². The molecule has 2 rings (SSSR count). The van der Waals surface area contributed by atoms with Crippen LogP contribution in [0.1, 0.15) is 49.9 Å². The van der Waals surface area contributed by atoms with Gasteiger partial charge < -0.3 is 15.0 Å². The summed E-state index contributed by atoms with van der Waals surface area (Å²) < 4.78 is 5.12. The third kappa shape index (κ3) is 4.49. The Morgan fingerprint density at radius 1 is 1.17 bits per heavy atom. The Labute approximate surface area is 144 Å². The monoisotopic (exact) mass is 332 g/mol. The van der Waals surface area contributed by atoms with Gasteiger partial charge in [-0.05, 0) is 49.9 Å². The van der Waals surface area contributed by atoms with E-state index in [-0.39, 0.29) is 23.8 Å². The van der Waals surface area contributed by atoms with Crippen LogP contribution in [0, 0.1) is 5.92 Å². The minimum atomic E-state index is 0.0439. The first kappa shape index (κ1) is 18.3. The molecule has 1 aliphatic rings. The number of likely N-dealkylation sites (tertiary alicyclic amines) is 1. The molecule has 1 aromatic rings. The zero-order valence-corrected chi connectivity index (χ0v) is 14.9. The number of amides is 2. The zero-order valence-electron chi connectivity index (χ0n) is 14.9. The molecule has 1 heterocycles. The molecule has 1 N–H and O–H groups in total. The smallest absolute Gasteiger partial charge is 0.253 e. The van der Waals surface area contributed by atoms with Crippen LogP contribution in [0.3, 0.4) is 0 Å². The number of nitrogens with zero attached hydrogens (tertiary/aromatic N) is 1. The highest BCUT2D eigenvalue weighted by Crippen LogP contribution is 2.17. The lowest BCUT2D eigenvalue weighted by Crippen LogP contribution is -2.47. The highest BCUT2D eigenvalue weighted by Gasteiger charge is 2.26. The number of carbonyl (C=O) groups excluding carboxylic acids is 2. The van der Waals surface area contributed by atoms with Crippen molar-refractivity contribution in [2.24, 2.45) is 5.92 Å². The van der Waals surface area contributed by atoms with Gasteiger partial charge in [0.1, 0.15) is 5.75 Å². The Bertz CT molecular complexity index is 544. The third-order valence-electron chi connectivity index (χ3n) is 4.82. The number of rotatable bonds is 6. The van der Waals surface area contributed by atoms with Crippen LogP contribution >= 0.6 is 0 Å². The summed E-state index contributed by atoms with van der Waals surface area (Å²) in [5.74, 6) is 1.04. The van der Waals surface area contributed by atoms with E-state index in [0.29, 0.717) is 18.7 Å². The predicted molar refractivity (Wildman–Crippen MR) is 94.1 cm³/mol. The van der Waals surface area contributed by atoms with Gasteiger partial charge in [-0.15, -0.1) is 0 Å². The van der Waals surface area contributed by atoms with Gasteiger partial charge in [0.2, 0.25) is 5.91 Å². The molecule has 0 radical (unpaired) electrons. The molecule has 132 valence electrons. The fourth-order valence-corrected chi connectivity index (χ4v) is 3.12. The molecule has 1 aromatic carbocycles. The highest BCUT2D eigenvalue weighted by molar-refractivity contribution is 5.94. The van der Waals surface area contributed by atoms with E-state index >= 15 is 0 Å². The first-order valence-corrected chi connectivity index (χ1v) is 8.82. The SMILES string of the molecule is CCC(CC)C(=O)NC1CCN(C(=O)c2ccc(OC)cc2)CC1. The van der Waals surface area contributed by atoms with Crippen LogP contribution in [0.4, 0.5) is 0 Å². The Hall–Kier alpha value is -2.04. The summed E-state index contributed by atoms with van der Waals surface area (Å²) in [6, 6.07) is 7.37. The van der Waals surface area contributed by atoms with E-state index in [4.69, 9.17) is 4.74 Å². The Morgan fingerprint density at radius 3 is 2.25 bits per heavy atom. The van der Waals surface area contributed by atoms with Crippen molar-refractivity contribution in [3.05, 3.63) is 29.8 Å². The number of nitrogens with one attached hydrogen (secondary N) is 1. The molecule has 0 aromatic heterocycles. The van der Waals surface area contributed by atoms with Crippen molar-refractivity contribution < 1.29 is 14.3 Å². The molecule has 0 saturated carbocycles. The maximum absolute atomic E-state index is 12.5. The largest absolute Gasteiger partial charge is 0.497 e. The molecule has 0 bridgehead atoms. The van der Waals surface area contributed by atoms with E-state index in [0.717, 1.165) is 31.4 Å². The van der Waals surface area contributed by atoms with Crippen molar-refractivity contribution in [1.29, 1.82) is 0 Å². The van der Waals surface area contributed by atoms with Gasteiger partial charge in [0.15, 0.2) is 0 Å². The van der Waals surface area contributed by atoms with Crippen LogP contribution < -0.4 is 10.1 Å². The molecule has 5 nitrogen and oxygen atoms in total. The normalized spacial score (nSPS) is 15.4. The summed E-state index contributed by atoms with van der Waals surface area (Å²) in [7, 11) is 1.61. The maximum atomic E-state index is 12.5. The van der Waals surface area contributed by atoms with Crippen molar-refractivity contribution in [2.75, 3.05) is 20.2 Å². The van der Waals surface area contributed by atoms with E-state index in [1.165, 1.54) is 0 Å². The van der Waals surface area contributed by atoms with Gasteiger partial charge in [-0.2, -0.15) is 0 Å². The number of methoxy groups -OCH3 is 1. The van der Waals surface area contributed by atoms with Gasteiger partial charge in [-0.1, -0.05) is 13.8 Å². The number of benzene rings is 1. The van der Waals surface area contributed by atoms with Crippen LogP contribution in [-0.2, 0) is 4.79 Å². The van der Waals surface area contributed by atoms with E-state index in [1.807, 2.05) is 18.7 Å². The van der Waals surface area contributed by atoms with Gasteiger partial charge in [0.05, 0.1) is 7.11 Å². The first-order chi connectivity index (χ1) is 11.6. The molecule has 1 fully saturated rings. The van der Waals surface area contributed by atoms with Crippen molar-refractivity contribution in [1.82, 2.24) is 10.2 Å². The fraction of sp³-hybridized carbons (Fsp3) is 0.579. The molecule has 0 atom stereocenters. The number of piperidine rings is 1. The van der Waals surface area contributed by atoms with Crippen molar-refractivity contribution >= 4 is 11.8 Å². The van der Waals surface area contributed by atoms with E-state index in [9.17, 15) is 9.59 Å². The molecule has 5 heteroatoms.